The molecular weight excluding hydrogens is 975 g/mol. The first kappa shape index (κ1) is 28.2. The number of hydrogen-bond donors (Lipinski definition) is 0. The fraction of sp³-hybridized carbons (Fsp3) is 0. The maximum absolute atomic E-state index is 10.9. The highest BCUT2D eigenvalue weighted by atomic mass is 32.1. The molecule has 0 atom stereocenters. The summed E-state index contributed by atoms with van der Waals surface area (Å²) in [6, 6.07) is 28.1. The summed E-state index contributed by atoms with van der Waals surface area (Å²) in [5.74, 6) is -1.92. The highest BCUT2D eigenvalue weighted by Crippen LogP contribution is 2.42. The van der Waals surface area contributed by atoms with Gasteiger partial charge in [0.05, 0.1) is 60.6 Å². The van der Waals surface area contributed by atoms with E-state index < -0.39 is 185 Å². The quantitative estimate of drug-likeness (QED) is 0.112. The van der Waals surface area contributed by atoms with Crippen molar-refractivity contribution < 1.29 is 31.8 Å². The number of thiophene rings is 1. The maximum Gasteiger partial charge on any atom is 0.238 e. The zero-order valence-electron chi connectivity index (χ0n) is 59.8. The lowest BCUT2D eigenvalue weighted by Crippen LogP contribution is -2.74. The van der Waals surface area contributed by atoms with E-state index in [4.69, 9.17) is 27.6 Å². The van der Waals surface area contributed by atoms with Gasteiger partial charge in [-0.1, -0.05) is 200 Å². The fourth-order valence-electron chi connectivity index (χ4n) is 11.1. The Labute approximate surface area is 475 Å². The molecule has 0 spiro atoms. The van der Waals surface area contributed by atoms with E-state index in [0.29, 0.717) is 31.9 Å². The molecule has 0 amide bonds. The summed E-state index contributed by atoms with van der Waals surface area (Å²) in [7, 11) is -4.21. The molecule has 0 unspecified atom stereocenters. The first-order valence-corrected chi connectivity index (χ1v) is 27.2. The van der Waals surface area contributed by atoms with E-state index >= 15 is 0 Å². The maximum atomic E-state index is 10.9. The zero-order valence-corrected chi connectivity index (χ0v) is 41.6. The lowest BCUT2D eigenvalue weighted by Gasteiger charge is -2.34. The van der Waals surface area contributed by atoms with Crippen LogP contribution in [0.4, 0.5) is 0 Å². The molecule has 0 bridgehead atoms. The lowest BCUT2D eigenvalue weighted by atomic mass is 10.1. The molecule has 11 aromatic carbocycles. The largest absolute Gasteiger partial charge is 0.455 e. The summed E-state index contributed by atoms with van der Waals surface area (Å²) in [5.41, 5.74) is -2.46. The average Bonchev–Trinajstić information content (AvgIpc) is 1.65. The van der Waals surface area contributed by atoms with Crippen molar-refractivity contribution in [3.05, 3.63) is 260 Å². The van der Waals surface area contributed by atoms with Gasteiger partial charge in [-0.05, 0) is 81.3 Å². The Morgan fingerprint density at radius 1 is 0.416 bits per heavy atom. The van der Waals surface area contributed by atoms with E-state index in [1.54, 1.807) is 41.7 Å². The number of fused-ring (bicyclic) bond motifs is 13. The van der Waals surface area contributed by atoms with Crippen LogP contribution in [-0.4, -0.2) is 32.2 Å². The van der Waals surface area contributed by atoms with Crippen molar-refractivity contribution in [1.82, 2.24) is 24.1 Å². The van der Waals surface area contributed by atoms with Crippen molar-refractivity contribution in [3.8, 4) is 34.4 Å². The van der Waals surface area contributed by atoms with Crippen LogP contribution < -0.4 is 20.7 Å². The van der Waals surface area contributed by atoms with E-state index in [0.717, 1.165) is 24.7 Å². The molecule has 0 aliphatic carbocycles. The van der Waals surface area contributed by atoms with Crippen LogP contribution >= 0.6 is 11.3 Å². The van der Waals surface area contributed by atoms with Crippen molar-refractivity contribution >= 4 is 126 Å². The minimum atomic E-state index is -4.21. The number of rotatable bonds is 8. The van der Waals surface area contributed by atoms with Gasteiger partial charge in [0, 0.05) is 58.2 Å². The van der Waals surface area contributed by atoms with E-state index in [1.165, 1.54) is 4.57 Å². The molecule has 77 heavy (non-hydrogen) atoms. The predicted octanol–water partition coefficient (Wildman–Crippen LogP) is 15.0. The zero-order chi connectivity index (χ0) is 68.0. The van der Waals surface area contributed by atoms with Crippen molar-refractivity contribution in [3.63, 3.8) is 0 Å². The summed E-state index contributed by atoms with van der Waals surface area (Å²) in [6.45, 7) is 0. The lowest BCUT2D eigenvalue weighted by molar-refractivity contribution is 0.673. The molecule has 0 aliphatic rings. The predicted molar refractivity (Wildman–Crippen MR) is 323 cm³/mol. The summed E-state index contributed by atoms with van der Waals surface area (Å²) in [4.78, 5) is 15.1. The Morgan fingerprint density at radius 3 is 1.81 bits per heavy atom. The minimum absolute atomic E-state index is 0.0115. The molecule has 6 nitrogen and oxygen atoms in total. The van der Waals surface area contributed by atoms with Crippen LogP contribution in [0.2, 0.25) is 0 Å². The molecule has 8 heteroatoms. The van der Waals surface area contributed by atoms with Gasteiger partial charge in [0.2, 0.25) is 5.95 Å². The van der Waals surface area contributed by atoms with Gasteiger partial charge in [-0.25, -0.2) is 4.98 Å². The Morgan fingerprint density at radius 2 is 1.04 bits per heavy atom. The third kappa shape index (κ3) is 6.56. The second kappa shape index (κ2) is 17.2. The van der Waals surface area contributed by atoms with E-state index in [-0.39, 0.29) is 32.6 Å². The normalized spacial score (nSPS) is 15.8. The second-order valence-corrected chi connectivity index (χ2v) is 23.1. The summed E-state index contributed by atoms with van der Waals surface area (Å²) < 4.78 is 201. The van der Waals surface area contributed by atoms with Crippen LogP contribution in [0.15, 0.2) is 265 Å². The molecule has 360 valence electrons. The third-order valence-electron chi connectivity index (χ3n) is 14.3. The third-order valence-corrected chi connectivity index (χ3v) is 20.1. The smallest absolute Gasteiger partial charge is 0.238 e. The van der Waals surface area contributed by atoms with Gasteiger partial charge < -0.3 is 8.98 Å². The SMILES string of the molecule is [2H]c1c([2H])c([2H])c(-n2c3c([2H])c([2H])c([2H])c([2H])c3c3c([2H])c([2H])c([2H])c([2H])c32)c(-c2nc(-c3c([2H])c([2H])c([2H])c([Si](c4ccccc4)(c4ccccc4)c4ccc5sc6ccccc6c5c4)c3[2H])nc(-n3c4ccc5c6ccccc6oc5c4c4c([2H])c([2H])c([2H])c([2H])c43)n2)c1[2H]. The molecule has 0 saturated heterocycles. The number of nitrogens with zero attached hydrogens (tertiary/aromatic N) is 5. The van der Waals surface area contributed by atoms with Gasteiger partial charge in [-0.2, -0.15) is 9.97 Å². The molecule has 5 aromatic heterocycles. The highest BCUT2D eigenvalue weighted by molar-refractivity contribution is 7.26. The Balaban J connectivity index is 1.11. The van der Waals surface area contributed by atoms with E-state index in [1.807, 2.05) is 103 Å². The minimum Gasteiger partial charge on any atom is -0.455 e. The average molecular weight is 1040 g/mol. The Hall–Kier alpha value is -9.73. The molecule has 0 N–H and O–H groups in total. The summed E-state index contributed by atoms with van der Waals surface area (Å²) in [5, 5.41) is 4.32. The number of benzene rings is 11. The van der Waals surface area contributed by atoms with Gasteiger partial charge >= 0.3 is 0 Å². The number of hydrogen-bond acceptors (Lipinski definition) is 5. The highest BCUT2D eigenvalue weighted by Gasteiger charge is 2.42. The molecule has 0 radical (unpaired) electrons. The van der Waals surface area contributed by atoms with Gasteiger partial charge in [0.15, 0.2) is 19.7 Å². The standard InChI is InChI=1S/C69H43N5OSSi/c1-3-21-45(22-4-1)77(46-23-5-2-6-24-46,48-38-41-64-56(43-48)52-29-12-18-37-63(52)76-64)47-25-19-20-44(42-47)67-70-68(55-31-10-16-35-60(55)73-57-32-13-7-26-49(57)50-27-8-14-33-58(50)73)72-69(71-67)74-59-34-15-9-30-54(59)65-61(74)40-39-53-51-28-11-17-36-62(51)75-66(53)65/h1-43H/i7D,8D,9D,10D,13D,14D,15D,16D,19D,20D,25D,26D,27D,30D,31D,32D,33D,34D,35D,42D. The molecule has 5 heterocycles. The first-order chi connectivity index (χ1) is 46.5. The molecule has 16 aromatic rings. The first-order valence-electron chi connectivity index (χ1n) is 34.4. The van der Waals surface area contributed by atoms with Crippen molar-refractivity contribution in [2.75, 3.05) is 0 Å². The number of furan rings is 1. The van der Waals surface area contributed by atoms with Gasteiger partial charge in [-0.3, -0.25) is 4.57 Å². The molecule has 0 aliphatic heterocycles. The van der Waals surface area contributed by atoms with Crippen LogP contribution in [0.25, 0.3) is 120 Å². The van der Waals surface area contributed by atoms with Crippen LogP contribution in [0.5, 0.6) is 0 Å². The summed E-state index contributed by atoms with van der Waals surface area (Å²) >= 11 is 1.59. The van der Waals surface area contributed by atoms with E-state index in [2.05, 4.69) is 6.07 Å². The van der Waals surface area contributed by atoms with Crippen molar-refractivity contribution in [1.29, 1.82) is 0 Å². The van der Waals surface area contributed by atoms with Crippen LogP contribution in [0, 0.1) is 0 Å². The van der Waals surface area contributed by atoms with Crippen LogP contribution in [0.3, 0.4) is 0 Å². The Bertz CT molecular complexity index is 6120. The van der Waals surface area contributed by atoms with Crippen molar-refractivity contribution in [2.24, 2.45) is 0 Å². The number of aromatic nitrogens is 5. The fourth-order valence-corrected chi connectivity index (χ4v) is 16.7. The van der Waals surface area contributed by atoms with Gasteiger partial charge in [0.25, 0.3) is 0 Å². The Kier molecular flexibility index (Phi) is 6.29. The summed E-state index contributed by atoms with van der Waals surface area (Å²) in [6.07, 6.45) is 0. The van der Waals surface area contributed by atoms with Gasteiger partial charge in [-0.15, -0.1) is 11.3 Å². The van der Waals surface area contributed by atoms with Gasteiger partial charge in [0.1, 0.15) is 11.2 Å². The van der Waals surface area contributed by atoms with Crippen LogP contribution in [0.1, 0.15) is 27.4 Å². The van der Waals surface area contributed by atoms with E-state index in [9.17, 15) is 19.2 Å². The van der Waals surface area contributed by atoms with Crippen molar-refractivity contribution in [2.45, 2.75) is 0 Å². The number of para-hydroxylation sites is 5. The molecule has 0 fully saturated rings. The monoisotopic (exact) mass is 1040 g/mol. The second-order valence-electron chi connectivity index (χ2n) is 18.3. The molecule has 0 saturated carbocycles. The topological polar surface area (TPSA) is 61.7 Å². The van der Waals surface area contributed by atoms with Crippen LogP contribution in [-0.2, 0) is 0 Å². The molecular formula is C69H43N5OSSi. The molecule has 16 rings (SSSR count).